The first-order valence-electron chi connectivity index (χ1n) is 8.00. The Morgan fingerprint density at radius 1 is 1.05 bits per heavy atom. The van der Waals surface area contributed by atoms with Crippen LogP contribution in [0.5, 0.6) is 0 Å². The fraction of sp³-hybridized carbons (Fsp3) is 1.00. The fourth-order valence-electron chi connectivity index (χ4n) is 2.57. The van der Waals surface area contributed by atoms with Crippen LogP contribution >= 0.6 is 0 Å². The van der Waals surface area contributed by atoms with Gasteiger partial charge in [-0.15, -0.1) is 0 Å². The van der Waals surface area contributed by atoms with E-state index in [0.29, 0.717) is 12.0 Å². The van der Waals surface area contributed by atoms with Crippen molar-refractivity contribution in [3.63, 3.8) is 0 Å². The molecule has 1 aliphatic rings. The molecular formula is C15H32N2O3. The van der Waals surface area contributed by atoms with E-state index < -0.39 is 0 Å². The molecule has 120 valence electrons. The molecule has 1 rings (SSSR count). The van der Waals surface area contributed by atoms with E-state index in [2.05, 4.69) is 17.1 Å². The Kier molecular flexibility index (Phi) is 10.2. The summed E-state index contributed by atoms with van der Waals surface area (Å²) in [5.74, 6) is 0.568. The van der Waals surface area contributed by atoms with E-state index in [9.17, 15) is 0 Å². The molecule has 0 aromatic rings. The quantitative estimate of drug-likeness (QED) is 0.542. The van der Waals surface area contributed by atoms with Crippen LogP contribution in [0.2, 0.25) is 0 Å². The number of likely N-dealkylation sites (N-methyl/N-ethyl adjacent to an activating group) is 1. The van der Waals surface area contributed by atoms with E-state index in [1.54, 1.807) is 0 Å². The monoisotopic (exact) mass is 288 g/mol. The molecule has 5 nitrogen and oxygen atoms in total. The molecule has 1 saturated heterocycles. The van der Waals surface area contributed by atoms with Gasteiger partial charge in [-0.25, -0.2) is 0 Å². The standard InChI is InChI=1S/C15H32N2O3/c1-4-16-15-13-20-12-14(15)11-17(7-9-18-5-2)8-10-19-6-3/h14-16H,4-13H2,1-3H3. The van der Waals surface area contributed by atoms with E-state index in [1.165, 1.54) is 0 Å². The third kappa shape index (κ3) is 6.99. The molecule has 2 unspecified atom stereocenters. The number of rotatable bonds is 12. The van der Waals surface area contributed by atoms with Crippen LogP contribution in [0, 0.1) is 5.92 Å². The minimum atomic E-state index is 0.488. The van der Waals surface area contributed by atoms with Gasteiger partial charge in [0.05, 0.1) is 26.4 Å². The molecule has 1 heterocycles. The Bertz CT molecular complexity index is 219. The lowest BCUT2D eigenvalue weighted by Gasteiger charge is -2.27. The lowest BCUT2D eigenvalue weighted by atomic mass is 10.0. The molecule has 0 radical (unpaired) electrons. The van der Waals surface area contributed by atoms with E-state index >= 15 is 0 Å². The van der Waals surface area contributed by atoms with E-state index in [1.807, 2.05) is 13.8 Å². The van der Waals surface area contributed by atoms with Crippen LogP contribution in [0.25, 0.3) is 0 Å². The highest BCUT2D eigenvalue weighted by atomic mass is 16.5. The van der Waals surface area contributed by atoms with Crippen LogP contribution < -0.4 is 5.32 Å². The minimum absolute atomic E-state index is 0.488. The highest BCUT2D eigenvalue weighted by Crippen LogP contribution is 2.15. The Balaban J connectivity index is 2.36. The van der Waals surface area contributed by atoms with Crippen LogP contribution in [-0.4, -0.2) is 76.8 Å². The Morgan fingerprint density at radius 2 is 1.70 bits per heavy atom. The number of ether oxygens (including phenoxy) is 3. The van der Waals surface area contributed by atoms with Crippen molar-refractivity contribution in [2.24, 2.45) is 5.92 Å². The van der Waals surface area contributed by atoms with E-state index in [4.69, 9.17) is 14.2 Å². The summed E-state index contributed by atoms with van der Waals surface area (Å²) in [6.07, 6.45) is 0. The zero-order valence-electron chi connectivity index (χ0n) is 13.4. The summed E-state index contributed by atoms with van der Waals surface area (Å²) in [4.78, 5) is 2.44. The van der Waals surface area contributed by atoms with Crippen molar-refractivity contribution in [3.8, 4) is 0 Å². The smallest absolute Gasteiger partial charge is 0.0623 e. The maximum atomic E-state index is 5.62. The van der Waals surface area contributed by atoms with Gasteiger partial charge in [0, 0.05) is 44.8 Å². The third-order valence-corrected chi connectivity index (χ3v) is 3.67. The fourth-order valence-corrected chi connectivity index (χ4v) is 2.57. The van der Waals surface area contributed by atoms with E-state index in [-0.39, 0.29) is 0 Å². The van der Waals surface area contributed by atoms with Crippen LogP contribution in [-0.2, 0) is 14.2 Å². The van der Waals surface area contributed by atoms with Crippen LogP contribution in [0.3, 0.4) is 0 Å². The summed E-state index contributed by atoms with van der Waals surface area (Å²) in [6, 6.07) is 0.488. The van der Waals surface area contributed by atoms with Crippen molar-refractivity contribution in [2.75, 3.05) is 65.8 Å². The predicted molar refractivity (Wildman–Crippen MR) is 81.2 cm³/mol. The lowest BCUT2D eigenvalue weighted by Crippen LogP contribution is -2.43. The first-order chi connectivity index (χ1) is 9.81. The Labute approximate surface area is 123 Å². The number of nitrogens with zero attached hydrogens (tertiary/aromatic N) is 1. The van der Waals surface area contributed by atoms with Gasteiger partial charge in [-0.05, 0) is 20.4 Å². The number of nitrogens with one attached hydrogen (secondary N) is 1. The summed E-state index contributed by atoms with van der Waals surface area (Å²) in [7, 11) is 0. The molecule has 1 aliphatic heterocycles. The zero-order chi connectivity index (χ0) is 14.6. The highest BCUT2D eigenvalue weighted by Gasteiger charge is 2.28. The normalized spacial score (nSPS) is 22.8. The van der Waals surface area contributed by atoms with Crippen LogP contribution in [0.15, 0.2) is 0 Å². The van der Waals surface area contributed by atoms with Crippen molar-refractivity contribution >= 4 is 0 Å². The maximum absolute atomic E-state index is 5.62. The van der Waals surface area contributed by atoms with Crippen molar-refractivity contribution in [2.45, 2.75) is 26.8 Å². The molecular weight excluding hydrogens is 256 g/mol. The number of hydrogen-bond acceptors (Lipinski definition) is 5. The predicted octanol–water partition coefficient (Wildman–Crippen LogP) is 0.986. The zero-order valence-corrected chi connectivity index (χ0v) is 13.4. The first kappa shape index (κ1) is 17.9. The van der Waals surface area contributed by atoms with Gasteiger partial charge in [-0.3, -0.25) is 4.90 Å². The van der Waals surface area contributed by atoms with Gasteiger partial charge in [-0.2, -0.15) is 0 Å². The molecule has 0 aliphatic carbocycles. The molecule has 1 N–H and O–H groups in total. The molecule has 0 aromatic carbocycles. The average Bonchev–Trinajstić information content (AvgIpc) is 2.87. The van der Waals surface area contributed by atoms with Gasteiger partial charge in [-0.1, -0.05) is 6.92 Å². The maximum Gasteiger partial charge on any atom is 0.0623 e. The van der Waals surface area contributed by atoms with Gasteiger partial charge < -0.3 is 19.5 Å². The van der Waals surface area contributed by atoms with Crippen molar-refractivity contribution in [1.29, 1.82) is 0 Å². The van der Waals surface area contributed by atoms with Crippen molar-refractivity contribution < 1.29 is 14.2 Å². The molecule has 0 saturated carbocycles. The van der Waals surface area contributed by atoms with Gasteiger partial charge in [0.1, 0.15) is 0 Å². The second kappa shape index (κ2) is 11.5. The molecule has 0 aromatic heterocycles. The summed E-state index contributed by atoms with van der Waals surface area (Å²) in [5.41, 5.74) is 0. The van der Waals surface area contributed by atoms with Crippen LogP contribution in [0.4, 0.5) is 0 Å². The Morgan fingerprint density at radius 3 is 2.25 bits per heavy atom. The SMILES string of the molecule is CCNC1COCC1CN(CCOCC)CCOCC. The van der Waals surface area contributed by atoms with E-state index in [0.717, 1.165) is 65.8 Å². The van der Waals surface area contributed by atoms with Gasteiger partial charge in [0.2, 0.25) is 0 Å². The molecule has 5 heteroatoms. The third-order valence-electron chi connectivity index (χ3n) is 3.67. The Hall–Kier alpha value is -0.200. The molecule has 20 heavy (non-hydrogen) atoms. The second-order valence-electron chi connectivity index (χ2n) is 5.16. The summed E-state index contributed by atoms with van der Waals surface area (Å²) < 4.78 is 16.6. The largest absolute Gasteiger partial charge is 0.380 e. The summed E-state index contributed by atoms with van der Waals surface area (Å²) in [5, 5.41) is 3.52. The highest BCUT2D eigenvalue weighted by molar-refractivity contribution is 4.83. The topological polar surface area (TPSA) is 43.0 Å². The van der Waals surface area contributed by atoms with Gasteiger partial charge in [0.25, 0.3) is 0 Å². The van der Waals surface area contributed by atoms with Crippen molar-refractivity contribution in [1.82, 2.24) is 10.2 Å². The molecule has 0 bridgehead atoms. The molecule has 0 amide bonds. The van der Waals surface area contributed by atoms with Crippen molar-refractivity contribution in [3.05, 3.63) is 0 Å². The summed E-state index contributed by atoms with van der Waals surface area (Å²) in [6.45, 7) is 15.1. The lowest BCUT2D eigenvalue weighted by molar-refractivity contribution is 0.0725. The molecule has 2 atom stereocenters. The first-order valence-corrected chi connectivity index (χ1v) is 8.00. The second-order valence-corrected chi connectivity index (χ2v) is 5.16. The molecule has 1 fully saturated rings. The van der Waals surface area contributed by atoms with Gasteiger partial charge in [0.15, 0.2) is 0 Å². The van der Waals surface area contributed by atoms with Gasteiger partial charge >= 0.3 is 0 Å². The molecule has 0 spiro atoms. The number of hydrogen-bond donors (Lipinski definition) is 1. The summed E-state index contributed by atoms with van der Waals surface area (Å²) >= 11 is 0. The average molecular weight is 288 g/mol. The minimum Gasteiger partial charge on any atom is -0.380 e. The van der Waals surface area contributed by atoms with Crippen LogP contribution in [0.1, 0.15) is 20.8 Å².